The van der Waals surface area contributed by atoms with Crippen LogP contribution in [-0.4, -0.2) is 13.4 Å². The van der Waals surface area contributed by atoms with E-state index in [2.05, 4.69) is 9.71 Å². The third-order valence-corrected chi connectivity index (χ3v) is 5.11. The number of rotatable bonds is 3. The highest BCUT2D eigenvalue weighted by atomic mass is 35.5. The summed E-state index contributed by atoms with van der Waals surface area (Å²) in [6.07, 6.45) is 1.38. The van der Waals surface area contributed by atoms with Crippen LogP contribution in [0.25, 0.3) is 0 Å². The van der Waals surface area contributed by atoms with Gasteiger partial charge in [0.2, 0.25) is 0 Å². The van der Waals surface area contributed by atoms with Crippen molar-refractivity contribution in [3.8, 4) is 0 Å². The molecule has 4 nitrogen and oxygen atoms in total. The van der Waals surface area contributed by atoms with Gasteiger partial charge in [-0.25, -0.2) is 13.4 Å². The maximum atomic E-state index is 12.2. The summed E-state index contributed by atoms with van der Waals surface area (Å²) in [5, 5.41) is 0.365. The average Bonchev–Trinajstić information content (AvgIpc) is 2.36. The van der Waals surface area contributed by atoms with E-state index in [0.717, 1.165) is 0 Å². The zero-order valence-electron chi connectivity index (χ0n) is 9.57. The number of nitrogens with zero attached hydrogens (tertiary/aromatic N) is 1. The molecule has 0 aliphatic rings. The lowest BCUT2D eigenvalue weighted by Gasteiger charge is -2.11. The number of nitrogens with one attached hydrogen (secondary N) is 1. The quantitative estimate of drug-likeness (QED) is 0.638. The van der Waals surface area contributed by atoms with Crippen LogP contribution in [-0.2, 0) is 10.0 Å². The Bertz CT molecular complexity index is 765. The van der Waals surface area contributed by atoms with Gasteiger partial charge in [0.25, 0.3) is 10.0 Å². The van der Waals surface area contributed by atoms with E-state index in [-0.39, 0.29) is 30.8 Å². The lowest BCUT2D eigenvalue weighted by Crippen LogP contribution is -2.14. The summed E-state index contributed by atoms with van der Waals surface area (Å²) in [5.74, 6) is 0. The average molecular weight is 372 g/mol. The standard InChI is InChI=1S/C11H6Cl4N2O2S/c12-6-4-8(14)9(5-7(6)13)17-20(18,19)10-2-1-3-16-11(10)15/h1-5,17H. The van der Waals surface area contributed by atoms with Crippen LogP contribution >= 0.6 is 46.4 Å². The maximum absolute atomic E-state index is 12.2. The van der Waals surface area contributed by atoms with Gasteiger partial charge in [0.05, 0.1) is 20.8 Å². The minimum absolute atomic E-state index is 0.0981. The van der Waals surface area contributed by atoms with Crippen LogP contribution in [0.4, 0.5) is 5.69 Å². The van der Waals surface area contributed by atoms with Crippen molar-refractivity contribution in [2.45, 2.75) is 4.90 Å². The second-order valence-electron chi connectivity index (χ2n) is 3.64. The summed E-state index contributed by atoms with van der Waals surface area (Å²) < 4.78 is 26.7. The van der Waals surface area contributed by atoms with Crippen molar-refractivity contribution in [3.63, 3.8) is 0 Å². The number of aromatic nitrogens is 1. The van der Waals surface area contributed by atoms with Crippen molar-refractivity contribution in [1.29, 1.82) is 0 Å². The Hall–Kier alpha value is -0.720. The summed E-state index contributed by atoms with van der Waals surface area (Å²) in [6, 6.07) is 5.43. The van der Waals surface area contributed by atoms with Crippen LogP contribution in [0.5, 0.6) is 0 Å². The molecule has 9 heteroatoms. The molecule has 0 spiro atoms. The molecule has 0 fully saturated rings. The van der Waals surface area contributed by atoms with Crippen molar-refractivity contribution < 1.29 is 8.42 Å². The van der Waals surface area contributed by atoms with Gasteiger partial charge < -0.3 is 0 Å². The normalized spacial score (nSPS) is 11.4. The fourth-order valence-electron chi connectivity index (χ4n) is 1.37. The second-order valence-corrected chi connectivity index (χ2v) is 6.87. The number of anilines is 1. The molecular formula is C11H6Cl4N2O2S. The zero-order chi connectivity index (χ0) is 14.9. The number of benzene rings is 1. The molecule has 0 amide bonds. The van der Waals surface area contributed by atoms with Gasteiger partial charge in [-0.3, -0.25) is 4.72 Å². The molecule has 20 heavy (non-hydrogen) atoms. The molecule has 0 aliphatic carbocycles. The molecule has 0 saturated carbocycles. The lowest BCUT2D eigenvalue weighted by molar-refractivity contribution is 0.601. The zero-order valence-corrected chi connectivity index (χ0v) is 13.4. The van der Waals surface area contributed by atoms with Crippen LogP contribution in [0.1, 0.15) is 0 Å². The number of halogens is 4. The smallest absolute Gasteiger partial charge is 0.265 e. The van der Waals surface area contributed by atoms with Crippen LogP contribution in [0.3, 0.4) is 0 Å². The van der Waals surface area contributed by atoms with Gasteiger partial charge in [-0.1, -0.05) is 46.4 Å². The maximum Gasteiger partial charge on any atom is 0.265 e. The first kappa shape index (κ1) is 15.7. The second kappa shape index (κ2) is 5.95. The molecule has 0 aliphatic heterocycles. The highest BCUT2D eigenvalue weighted by Crippen LogP contribution is 2.33. The van der Waals surface area contributed by atoms with Gasteiger partial charge in [-0.15, -0.1) is 0 Å². The SMILES string of the molecule is O=S(=O)(Nc1cc(Cl)c(Cl)cc1Cl)c1cccnc1Cl. The molecule has 1 aromatic carbocycles. The Kier molecular flexibility index (Phi) is 4.66. The summed E-state index contributed by atoms with van der Waals surface area (Å²) >= 11 is 23.3. The Morgan fingerprint density at radius 2 is 1.65 bits per heavy atom. The van der Waals surface area contributed by atoms with Gasteiger partial charge >= 0.3 is 0 Å². The third-order valence-electron chi connectivity index (χ3n) is 2.27. The third kappa shape index (κ3) is 3.30. The van der Waals surface area contributed by atoms with E-state index in [1.54, 1.807) is 0 Å². The predicted octanol–water partition coefficient (Wildman–Crippen LogP) is 4.50. The van der Waals surface area contributed by atoms with Crippen LogP contribution in [0.15, 0.2) is 35.4 Å². The van der Waals surface area contributed by atoms with Crippen molar-refractivity contribution in [1.82, 2.24) is 4.98 Å². The molecular weight excluding hydrogens is 366 g/mol. The molecule has 1 heterocycles. The molecule has 0 radical (unpaired) electrons. The molecule has 2 aromatic rings. The first-order valence-electron chi connectivity index (χ1n) is 5.09. The Balaban J connectivity index is 2.44. The molecule has 1 aromatic heterocycles. The number of pyridine rings is 1. The molecule has 1 N–H and O–H groups in total. The minimum Gasteiger partial charge on any atom is -0.278 e. The van der Waals surface area contributed by atoms with E-state index in [0.29, 0.717) is 0 Å². The topological polar surface area (TPSA) is 59.1 Å². The molecule has 0 bridgehead atoms. The van der Waals surface area contributed by atoms with Crippen molar-refractivity contribution in [2.75, 3.05) is 4.72 Å². The van der Waals surface area contributed by atoms with E-state index < -0.39 is 10.0 Å². The van der Waals surface area contributed by atoms with E-state index >= 15 is 0 Å². The Morgan fingerprint density at radius 1 is 1.00 bits per heavy atom. The Morgan fingerprint density at radius 3 is 2.30 bits per heavy atom. The van der Waals surface area contributed by atoms with E-state index in [4.69, 9.17) is 46.4 Å². The molecule has 2 rings (SSSR count). The van der Waals surface area contributed by atoms with E-state index in [1.165, 1.54) is 30.5 Å². The van der Waals surface area contributed by atoms with Gasteiger partial charge in [0, 0.05) is 6.20 Å². The lowest BCUT2D eigenvalue weighted by atomic mass is 10.3. The van der Waals surface area contributed by atoms with E-state index in [1.807, 2.05) is 0 Å². The fraction of sp³-hybridized carbons (Fsp3) is 0. The first-order valence-corrected chi connectivity index (χ1v) is 8.08. The molecule has 0 saturated heterocycles. The highest BCUT2D eigenvalue weighted by molar-refractivity contribution is 7.92. The highest BCUT2D eigenvalue weighted by Gasteiger charge is 2.20. The Labute approximate surface area is 135 Å². The summed E-state index contributed by atoms with van der Waals surface area (Å²) in [7, 11) is -3.93. The van der Waals surface area contributed by atoms with Crippen molar-refractivity contribution in [2.24, 2.45) is 0 Å². The summed E-state index contributed by atoms with van der Waals surface area (Å²) in [6.45, 7) is 0. The monoisotopic (exact) mass is 370 g/mol. The van der Waals surface area contributed by atoms with Crippen molar-refractivity contribution >= 4 is 62.1 Å². The molecule has 0 atom stereocenters. The molecule has 0 unspecified atom stereocenters. The van der Waals surface area contributed by atoms with Gasteiger partial charge in [-0.2, -0.15) is 0 Å². The predicted molar refractivity (Wildman–Crippen MR) is 81.5 cm³/mol. The van der Waals surface area contributed by atoms with Gasteiger partial charge in [0.1, 0.15) is 10.0 Å². The largest absolute Gasteiger partial charge is 0.278 e. The van der Waals surface area contributed by atoms with Crippen LogP contribution in [0, 0.1) is 0 Å². The first-order chi connectivity index (χ1) is 9.31. The fourth-order valence-corrected chi connectivity index (χ4v) is 3.55. The summed E-state index contributed by atoms with van der Waals surface area (Å²) in [4.78, 5) is 3.54. The van der Waals surface area contributed by atoms with Gasteiger partial charge in [-0.05, 0) is 24.3 Å². The summed E-state index contributed by atoms with van der Waals surface area (Å²) in [5.41, 5.74) is 0.0981. The van der Waals surface area contributed by atoms with Crippen molar-refractivity contribution in [3.05, 3.63) is 50.7 Å². The number of sulfonamides is 1. The van der Waals surface area contributed by atoms with Crippen LogP contribution in [0.2, 0.25) is 20.2 Å². The number of hydrogen-bond acceptors (Lipinski definition) is 3. The van der Waals surface area contributed by atoms with Gasteiger partial charge in [0.15, 0.2) is 0 Å². The number of hydrogen-bond donors (Lipinski definition) is 1. The molecule has 106 valence electrons. The van der Waals surface area contributed by atoms with Crippen LogP contribution < -0.4 is 4.72 Å². The minimum atomic E-state index is -3.93. The van der Waals surface area contributed by atoms with E-state index in [9.17, 15) is 8.42 Å².